The fourth-order valence-electron chi connectivity index (χ4n) is 1.13. The molecule has 0 aliphatic heterocycles. The van der Waals surface area contributed by atoms with Gasteiger partial charge in [-0.05, 0) is 33.9 Å². The van der Waals surface area contributed by atoms with E-state index < -0.39 is 12.8 Å². The number of alkyl halides is 3. The average molecular weight is 256 g/mol. The molecule has 0 radical (unpaired) electrons. The highest BCUT2D eigenvalue weighted by atomic mass is 19.4. The minimum atomic E-state index is -4.21. The van der Waals surface area contributed by atoms with Crippen LogP contribution in [-0.2, 0) is 4.74 Å². The van der Waals surface area contributed by atoms with Crippen molar-refractivity contribution in [2.45, 2.75) is 32.5 Å². The first-order valence-corrected chi connectivity index (χ1v) is 5.88. The number of ether oxygens (including phenoxy) is 1. The molecule has 1 N–H and O–H groups in total. The fourth-order valence-corrected chi connectivity index (χ4v) is 1.13. The first-order chi connectivity index (χ1) is 7.83. The summed E-state index contributed by atoms with van der Waals surface area (Å²) in [5.74, 6) is 0. The molecule has 0 aromatic rings. The van der Waals surface area contributed by atoms with Crippen molar-refractivity contribution in [1.82, 2.24) is 10.2 Å². The van der Waals surface area contributed by atoms with Gasteiger partial charge in [-0.1, -0.05) is 0 Å². The zero-order valence-corrected chi connectivity index (χ0v) is 10.8. The number of nitrogens with zero attached hydrogens (tertiary/aromatic N) is 1. The van der Waals surface area contributed by atoms with Gasteiger partial charge in [0.1, 0.15) is 6.61 Å². The molecule has 0 saturated heterocycles. The second-order valence-electron chi connectivity index (χ2n) is 4.35. The standard InChI is InChI=1S/C11H23F3N2O/c1-10(2)16(3)7-6-15-5-4-8-17-9-11(12,13)14/h10,15H,4-9H2,1-3H3. The van der Waals surface area contributed by atoms with Gasteiger partial charge in [0.05, 0.1) is 0 Å². The van der Waals surface area contributed by atoms with Crippen LogP contribution in [0, 0.1) is 0 Å². The number of hydrogen-bond donors (Lipinski definition) is 1. The van der Waals surface area contributed by atoms with Crippen LogP contribution in [0.4, 0.5) is 13.2 Å². The lowest BCUT2D eigenvalue weighted by molar-refractivity contribution is -0.173. The fraction of sp³-hybridized carbons (Fsp3) is 1.00. The number of hydrogen-bond acceptors (Lipinski definition) is 3. The van der Waals surface area contributed by atoms with Crippen LogP contribution in [0.25, 0.3) is 0 Å². The van der Waals surface area contributed by atoms with Crippen molar-refractivity contribution in [3.8, 4) is 0 Å². The Bertz CT molecular complexity index is 186. The van der Waals surface area contributed by atoms with Crippen molar-refractivity contribution in [3.63, 3.8) is 0 Å². The van der Waals surface area contributed by atoms with Gasteiger partial charge in [-0.15, -0.1) is 0 Å². The van der Waals surface area contributed by atoms with E-state index in [1.165, 1.54) is 0 Å². The minimum absolute atomic E-state index is 0.145. The summed E-state index contributed by atoms with van der Waals surface area (Å²) in [6.45, 7) is 5.68. The van der Waals surface area contributed by atoms with Gasteiger partial charge in [0.2, 0.25) is 0 Å². The Kier molecular flexibility index (Phi) is 8.55. The van der Waals surface area contributed by atoms with E-state index in [2.05, 4.69) is 28.8 Å². The molecule has 0 bridgehead atoms. The quantitative estimate of drug-likeness (QED) is 0.638. The maximum Gasteiger partial charge on any atom is 0.411 e. The number of halogens is 3. The summed E-state index contributed by atoms with van der Waals surface area (Å²) in [5.41, 5.74) is 0. The molecule has 0 aliphatic carbocycles. The summed E-state index contributed by atoms with van der Waals surface area (Å²) in [7, 11) is 2.04. The molecule has 0 aromatic carbocycles. The number of likely N-dealkylation sites (N-methyl/N-ethyl adjacent to an activating group) is 1. The summed E-state index contributed by atoms with van der Waals surface area (Å²) in [5, 5.41) is 3.17. The summed E-state index contributed by atoms with van der Waals surface area (Å²) in [6.07, 6.45) is -3.62. The van der Waals surface area contributed by atoms with Crippen LogP contribution in [0.1, 0.15) is 20.3 Å². The highest BCUT2D eigenvalue weighted by Gasteiger charge is 2.27. The van der Waals surface area contributed by atoms with Crippen molar-refractivity contribution in [2.75, 3.05) is 39.9 Å². The maximum atomic E-state index is 11.7. The predicted molar refractivity (Wildman–Crippen MR) is 62.1 cm³/mol. The van der Waals surface area contributed by atoms with Crippen molar-refractivity contribution >= 4 is 0 Å². The lowest BCUT2D eigenvalue weighted by Crippen LogP contribution is -2.34. The molecule has 3 nitrogen and oxygen atoms in total. The van der Waals surface area contributed by atoms with E-state index in [9.17, 15) is 13.2 Å². The van der Waals surface area contributed by atoms with E-state index in [0.717, 1.165) is 13.1 Å². The molecule has 0 rings (SSSR count). The number of rotatable bonds is 9. The van der Waals surface area contributed by atoms with E-state index in [1.54, 1.807) is 0 Å². The van der Waals surface area contributed by atoms with Gasteiger partial charge in [0.15, 0.2) is 0 Å². The third-order valence-electron chi connectivity index (χ3n) is 2.43. The van der Waals surface area contributed by atoms with Gasteiger partial charge in [-0.3, -0.25) is 0 Å². The van der Waals surface area contributed by atoms with Crippen LogP contribution in [-0.4, -0.2) is 57.0 Å². The van der Waals surface area contributed by atoms with E-state index >= 15 is 0 Å². The van der Waals surface area contributed by atoms with Gasteiger partial charge < -0.3 is 15.0 Å². The lowest BCUT2D eigenvalue weighted by Gasteiger charge is -2.20. The second kappa shape index (κ2) is 8.72. The first kappa shape index (κ1) is 16.7. The smallest absolute Gasteiger partial charge is 0.372 e. The van der Waals surface area contributed by atoms with Crippen LogP contribution in [0.15, 0.2) is 0 Å². The molecule has 0 heterocycles. The molecular formula is C11H23F3N2O. The SMILES string of the molecule is CC(C)N(C)CCNCCCOCC(F)(F)F. The summed E-state index contributed by atoms with van der Waals surface area (Å²) >= 11 is 0. The maximum absolute atomic E-state index is 11.7. The molecule has 0 aliphatic rings. The highest BCUT2D eigenvalue weighted by Crippen LogP contribution is 2.14. The Morgan fingerprint density at radius 3 is 2.41 bits per heavy atom. The van der Waals surface area contributed by atoms with Crippen LogP contribution >= 0.6 is 0 Å². The van der Waals surface area contributed by atoms with Crippen molar-refractivity contribution < 1.29 is 17.9 Å². The zero-order valence-electron chi connectivity index (χ0n) is 10.8. The number of nitrogens with one attached hydrogen (secondary N) is 1. The molecule has 0 saturated carbocycles. The van der Waals surface area contributed by atoms with Crippen molar-refractivity contribution in [2.24, 2.45) is 0 Å². The van der Waals surface area contributed by atoms with Gasteiger partial charge >= 0.3 is 6.18 Å². The molecule has 104 valence electrons. The van der Waals surface area contributed by atoms with Crippen molar-refractivity contribution in [1.29, 1.82) is 0 Å². The molecule has 17 heavy (non-hydrogen) atoms. The van der Waals surface area contributed by atoms with E-state index in [1.807, 2.05) is 7.05 Å². The molecule has 0 fully saturated rings. The van der Waals surface area contributed by atoms with Gasteiger partial charge in [0, 0.05) is 25.7 Å². The molecule has 6 heteroatoms. The Morgan fingerprint density at radius 2 is 1.88 bits per heavy atom. The summed E-state index contributed by atoms with van der Waals surface area (Å²) < 4.78 is 39.6. The molecule has 0 aromatic heterocycles. The van der Waals surface area contributed by atoms with E-state index in [-0.39, 0.29) is 6.61 Å². The van der Waals surface area contributed by atoms with Crippen LogP contribution in [0.3, 0.4) is 0 Å². The molecule has 0 unspecified atom stereocenters. The van der Waals surface area contributed by atoms with Crippen molar-refractivity contribution in [3.05, 3.63) is 0 Å². The molecule has 0 amide bonds. The Morgan fingerprint density at radius 1 is 1.24 bits per heavy atom. The largest absolute Gasteiger partial charge is 0.411 e. The summed E-state index contributed by atoms with van der Waals surface area (Å²) in [4.78, 5) is 2.20. The topological polar surface area (TPSA) is 24.5 Å². The van der Waals surface area contributed by atoms with Gasteiger partial charge in [-0.25, -0.2) is 0 Å². The first-order valence-electron chi connectivity index (χ1n) is 5.88. The second-order valence-corrected chi connectivity index (χ2v) is 4.35. The monoisotopic (exact) mass is 256 g/mol. The predicted octanol–water partition coefficient (Wildman–Crippen LogP) is 1.89. The molecule has 0 atom stereocenters. The highest BCUT2D eigenvalue weighted by molar-refractivity contribution is 4.58. The molecule has 0 spiro atoms. The van der Waals surface area contributed by atoms with E-state index in [4.69, 9.17) is 0 Å². The van der Waals surface area contributed by atoms with Crippen LogP contribution in [0.2, 0.25) is 0 Å². The Labute approximate surface area is 101 Å². The van der Waals surface area contributed by atoms with Gasteiger partial charge in [-0.2, -0.15) is 13.2 Å². The lowest BCUT2D eigenvalue weighted by atomic mass is 10.3. The normalized spacial score (nSPS) is 12.7. The minimum Gasteiger partial charge on any atom is -0.372 e. The third-order valence-corrected chi connectivity index (χ3v) is 2.43. The molecular weight excluding hydrogens is 233 g/mol. The van der Waals surface area contributed by atoms with E-state index in [0.29, 0.717) is 19.0 Å². The van der Waals surface area contributed by atoms with Gasteiger partial charge in [0.25, 0.3) is 0 Å². The zero-order chi connectivity index (χ0) is 13.3. The Balaban J connectivity index is 3.19. The third kappa shape index (κ3) is 11.9. The van der Waals surface area contributed by atoms with Crippen LogP contribution in [0.5, 0.6) is 0 Å². The van der Waals surface area contributed by atoms with Crippen LogP contribution < -0.4 is 5.32 Å². The Hall–Kier alpha value is -0.330. The summed E-state index contributed by atoms with van der Waals surface area (Å²) in [6, 6.07) is 0.506. The average Bonchev–Trinajstić information content (AvgIpc) is 2.19.